The van der Waals surface area contributed by atoms with Gasteiger partial charge in [0.1, 0.15) is 34.7 Å². The van der Waals surface area contributed by atoms with Crippen LogP contribution in [0.15, 0.2) is 78.0 Å². The third-order valence-electron chi connectivity index (χ3n) is 5.47. The highest BCUT2D eigenvalue weighted by molar-refractivity contribution is 8.04. The molecular formula is C23H23N5O2S. The molecule has 2 aromatic carbocycles. The van der Waals surface area contributed by atoms with E-state index >= 15 is 0 Å². The molecule has 2 heterocycles. The van der Waals surface area contributed by atoms with Gasteiger partial charge in [0, 0.05) is 16.7 Å². The van der Waals surface area contributed by atoms with E-state index in [-0.39, 0.29) is 11.5 Å². The molecule has 8 heteroatoms. The van der Waals surface area contributed by atoms with Gasteiger partial charge in [-0.2, -0.15) is 5.10 Å². The molecule has 7 nitrogen and oxygen atoms in total. The molecule has 0 amide bonds. The van der Waals surface area contributed by atoms with E-state index in [0.717, 1.165) is 21.8 Å². The number of thioether (sulfide) groups is 1. The molecule has 3 N–H and O–H groups in total. The van der Waals surface area contributed by atoms with Crippen LogP contribution in [0.3, 0.4) is 0 Å². The van der Waals surface area contributed by atoms with Crippen molar-refractivity contribution in [1.82, 2.24) is 20.1 Å². The summed E-state index contributed by atoms with van der Waals surface area (Å²) in [4.78, 5) is 5.28. The van der Waals surface area contributed by atoms with Gasteiger partial charge >= 0.3 is 0 Å². The van der Waals surface area contributed by atoms with Crippen molar-refractivity contribution in [1.29, 1.82) is 0 Å². The molecule has 1 aliphatic heterocycles. The first-order chi connectivity index (χ1) is 15.1. The summed E-state index contributed by atoms with van der Waals surface area (Å²) in [5.41, 5.74) is 1.39. The molecule has 1 saturated heterocycles. The van der Waals surface area contributed by atoms with Gasteiger partial charge < -0.3 is 15.2 Å². The van der Waals surface area contributed by atoms with Crippen molar-refractivity contribution < 1.29 is 9.84 Å². The van der Waals surface area contributed by atoms with Crippen molar-refractivity contribution in [2.24, 2.45) is 0 Å². The van der Waals surface area contributed by atoms with Gasteiger partial charge in [0.2, 0.25) is 0 Å². The van der Waals surface area contributed by atoms with E-state index in [9.17, 15) is 5.11 Å². The monoisotopic (exact) mass is 433 g/mol. The van der Waals surface area contributed by atoms with Crippen LogP contribution in [-0.4, -0.2) is 38.5 Å². The van der Waals surface area contributed by atoms with Crippen LogP contribution in [0.2, 0.25) is 0 Å². The number of aryl methyl sites for hydroxylation is 1. The SMILES string of the molecule is COc1cc(NC2NC3C(=CC=CC3(O)c3ccccc3)S2)ccc1-n1cnc(C)n1. The van der Waals surface area contributed by atoms with Gasteiger partial charge in [-0.15, -0.1) is 0 Å². The molecule has 158 valence electrons. The van der Waals surface area contributed by atoms with Crippen molar-refractivity contribution in [2.45, 2.75) is 24.1 Å². The molecule has 0 saturated carbocycles. The Hall–Kier alpha value is -3.07. The molecule has 5 rings (SSSR count). The number of nitrogens with zero attached hydrogens (tertiary/aromatic N) is 3. The second-order valence-electron chi connectivity index (χ2n) is 7.48. The van der Waals surface area contributed by atoms with Crippen LogP contribution in [0.4, 0.5) is 5.69 Å². The van der Waals surface area contributed by atoms with E-state index in [4.69, 9.17) is 4.74 Å². The lowest BCUT2D eigenvalue weighted by Gasteiger charge is -2.34. The number of rotatable bonds is 5. The van der Waals surface area contributed by atoms with Crippen LogP contribution in [-0.2, 0) is 5.60 Å². The molecule has 1 aliphatic carbocycles. The van der Waals surface area contributed by atoms with E-state index in [1.54, 1.807) is 29.9 Å². The standard InChI is InChI=1S/C23H23N5O2S/c1-15-24-14-28(27-15)18-11-10-17(13-19(18)30-2)25-22-26-21-20(31-22)9-6-12-23(21,29)16-7-4-3-5-8-16/h3-14,21-22,25-26,29H,1-2H3. The average molecular weight is 434 g/mol. The molecule has 1 fully saturated rings. The molecule has 0 radical (unpaired) electrons. The summed E-state index contributed by atoms with van der Waals surface area (Å²) in [6.45, 7) is 1.85. The maximum Gasteiger partial charge on any atom is 0.147 e. The lowest BCUT2D eigenvalue weighted by Crippen LogP contribution is -2.48. The van der Waals surface area contributed by atoms with Gasteiger partial charge in [0.05, 0.1) is 13.2 Å². The number of fused-ring (bicyclic) bond motifs is 1. The maximum absolute atomic E-state index is 11.5. The number of benzene rings is 2. The number of hydrogen-bond donors (Lipinski definition) is 3. The normalized spacial score (nSPS) is 24.5. The smallest absolute Gasteiger partial charge is 0.147 e. The van der Waals surface area contributed by atoms with Crippen LogP contribution in [0.1, 0.15) is 11.4 Å². The van der Waals surface area contributed by atoms with E-state index in [2.05, 4.69) is 26.8 Å². The van der Waals surface area contributed by atoms with Gasteiger partial charge in [-0.05, 0) is 30.7 Å². The van der Waals surface area contributed by atoms with Gasteiger partial charge in [0.15, 0.2) is 0 Å². The lowest BCUT2D eigenvalue weighted by molar-refractivity contribution is 0.0615. The molecule has 1 aromatic heterocycles. The minimum atomic E-state index is -1.10. The Morgan fingerprint density at radius 2 is 2.06 bits per heavy atom. The lowest BCUT2D eigenvalue weighted by atomic mass is 9.83. The Kier molecular flexibility index (Phi) is 5.05. The minimum Gasteiger partial charge on any atom is -0.494 e. The number of allylic oxidation sites excluding steroid dienone is 2. The molecule has 2 aliphatic rings. The zero-order chi connectivity index (χ0) is 21.4. The van der Waals surface area contributed by atoms with Crippen molar-refractivity contribution in [3.63, 3.8) is 0 Å². The number of ether oxygens (including phenoxy) is 1. The van der Waals surface area contributed by atoms with E-state index in [1.165, 1.54) is 0 Å². The van der Waals surface area contributed by atoms with E-state index < -0.39 is 5.60 Å². The van der Waals surface area contributed by atoms with Gasteiger partial charge in [0.25, 0.3) is 0 Å². The second-order valence-corrected chi connectivity index (χ2v) is 8.66. The fourth-order valence-electron chi connectivity index (χ4n) is 3.95. The van der Waals surface area contributed by atoms with E-state index in [0.29, 0.717) is 11.6 Å². The summed E-state index contributed by atoms with van der Waals surface area (Å²) >= 11 is 1.66. The Labute approximate surface area is 184 Å². The maximum atomic E-state index is 11.5. The number of hydrogen-bond acceptors (Lipinski definition) is 7. The quantitative estimate of drug-likeness (QED) is 0.569. The molecule has 0 spiro atoms. The van der Waals surface area contributed by atoms with Crippen LogP contribution < -0.4 is 15.4 Å². The number of aliphatic hydroxyl groups is 1. The zero-order valence-electron chi connectivity index (χ0n) is 17.2. The fourth-order valence-corrected chi connectivity index (χ4v) is 5.16. The number of aromatic nitrogens is 3. The topological polar surface area (TPSA) is 84.2 Å². The number of methoxy groups -OCH3 is 1. The Morgan fingerprint density at radius 3 is 2.81 bits per heavy atom. The molecule has 3 unspecified atom stereocenters. The zero-order valence-corrected chi connectivity index (χ0v) is 18.0. The first kappa shape index (κ1) is 19.9. The van der Waals surface area contributed by atoms with E-state index in [1.807, 2.05) is 67.6 Å². The third-order valence-corrected chi connectivity index (χ3v) is 6.61. The van der Waals surface area contributed by atoms with Crippen LogP contribution in [0, 0.1) is 6.92 Å². The average Bonchev–Trinajstić information content (AvgIpc) is 3.41. The number of nitrogens with one attached hydrogen (secondary N) is 2. The summed E-state index contributed by atoms with van der Waals surface area (Å²) in [5.74, 6) is 1.39. The first-order valence-corrected chi connectivity index (χ1v) is 10.9. The summed E-state index contributed by atoms with van der Waals surface area (Å²) in [6, 6.07) is 15.4. The highest BCUT2D eigenvalue weighted by Crippen LogP contribution is 2.44. The number of anilines is 1. The van der Waals surface area contributed by atoms with Crippen LogP contribution >= 0.6 is 11.8 Å². The van der Waals surface area contributed by atoms with Crippen LogP contribution in [0.5, 0.6) is 5.75 Å². The third kappa shape index (κ3) is 3.63. The first-order valence-electron chi connectivity index (χ1n) is 10.00. The highest BCUT2D eigenvalue weighted by atomic mass is 32.2. The summed E-state index contributed by atoms with van der Waals surface area (Å²) in [5, 5.41) is 22.9. The molecule has 3 aromatic rings. The fraction of sp³-hybridized carbons (Fsp3) is 0.217. The molecule has 31 heavy (non-hydrogen) atoms. The summed E-state index contributed by atoms with van der Waals surface area (Å²) < 4.78 is 7.28. The Morgan fingerprint density at radius 1 is 1.23 bits per heavy atom. The summed E-state index contributed by atoms with van der Waals surface area (Å²) in [7, 11) is 1.64. The van der Waals surface area contributed by atoms with Crippen molar-refractivity contribution in [3.05, 3.63) is 89.4 Å². The predicted molar refractivity (Wildman–Crippen MR) is 122 cm³/mol. The van der Waals surface area contributed by atoms with Gasteiger partial charge in [-0.3, -0.25) is 5.32 Å². The van der Waals surface area contributed by atoms with Crippen molar-refractivity contribution in [2.75, 3.05) is 12.4 Å². The van der Waals surface area contributed by atoms with Gasteiger partial charge in [-0.1, -0.05) is 54.2 Å². The largest absolute Gasteiger partial charge is 0.494 e. The predicted octanol–water partition coefficient (Wildman–Crippen LogP) is 3.33. The van der Waals surface area contributed by atoms with Crippen molar-refractivity contribution >= 4 is 17.4 Å². The highest BCUT2D eigenvalue weighted by Gasteiger charge is 2.45. The minimum absolute atomic E-state index is 0.101. The molecule has 0 bridgehead atoms. The Balaban J connectivity index is 1.36. The van der Waals surface area contributed by atoms with Gasteiger partial charge in [-0.25, -0.2) is 9.67 Å². The molecule has 3 atom stereocenters. The van der Waals surface area contributed by atoms with Crippen molar-refractivity contribution in [3.8, 4) is 11.4 Å². The molecular weight excluding hydrogens is 410 g/mol. The Bertz CT molecular complexity index is 1160. The summed E-state index contributed by atoms with van der Waals surface area (Å²) in [6.07, 6.45) is 7.50. The van der Waals surface area contributed by atoms with Crippen LogP contribution in [0.25, 0.3) is 5.69 Å². The second kappa shape index (κ2) is 7.88.